The highest BCUT2D eigenvalue weighted by molar-refractivity contribution is 6.06. The van der Waals surface area contributed by atoms with Gasteiger partial charge in [0.05, 0.1) is 19.8 Å². The lowest BCUT2D eigenvalue weighted by Crippen LogP contribution is -2.34. The standard InChI is InChI=1S/C22H23NO7/c1-4-7-15-10-11-18(19(12-15)28-3)29-14-21(25)30-13-20(24)23-22(26)16-8-5-6-9-17(16)27-2/h4-12H,13-14H2,1-3H3,(H,23,24,26)/b7-4+. The molecule has 0 aliphatic heterocycles. The molecule has 0 aromatic heterocycles. The fraction of sp³-hybridized carbons (Fsp3) is 0.227. The number of benzene rings is 2. The maximum atomic E-state index is 12.1. The molecule has 2 rings (SSSR count). The number of carbonyl (C=O) groups excluding carboxylic acids is 3. The van der Waals surface area contributed by atoms with E-state index in [1.54, 1.807) is 36.4 Å². The Labute approximate surface area is 174 Å². The second-order valence-electron chi connectivity index (χ2n) is 5.94. The van der Waals surface area contributed by atoms with Gasteiger partial charge in [-0.2, -0.15) is 0 Å². The van der Waals surface area contributed by atoms with Gasteiger partial charge in [0, 0.05) is 0 Å². The highest BCUT2D eigenvalue weighted by Gasteiger charge is 2.16. The maximum Gasteiger partial charge on any atom is 0.344 e. The van der Waals surface area contributed by atoms with E-state index in [1.807, 2.05) is 19.1 Å². The number of hydrogen-bond acceptors (Lipinski definition) is 7. The zero-order valence-corrected chi connectivity index (χ0v) is 17.0. The number of para-hydroxylation sites is 1. The summed E-state index contributed by atoms with van der Waals surface area (Å²) in [6.45, 7) is 0.848. The maximum absolute atomic E-state index is 12.1. The Hall–Kier alpha value is -3.81. The van der Waals surface area contributed by atoms with E-state index in [0.29, 0.717) is 17.2 Å². The highest BCUT2D eigenvalue weighted by atomic mass is 16.6. The molecule has 0 radical (unpaired) electrons. The van der Waals surface area contributed by atoms with Gasteiger partial charge in [-0.25, -0.2) is 4.79 Å². The van der Waals surface area contributed by atoms with Crippen LogP contribution in [0.3, 0.4) is 0 Å². The van der Waals surface area contributed by atoms with Gasteiger partial charge in [0.15, 0.2) is 24.7 Å². The van der Waals surface area contributed by atoms with E-state index < -0.39 is 31.0 Å². The van der Waals surface area contributed by atoms with E-state index in [1.165, 1.54) is 20.3 Å². The van der Waals surface area contributed by atoms with E-state index in [-0.39, 0.29) is 5.56 Å². The van der Waals surface area contributed by atoms with Gasteiger partial charge in [-0.3, -0.25) is 14.9 Å². The van der Waals surface area contributed by atoms with Crippen molar-refractivity contribution in [2.24, 2.45) is 0 Å². The lowest BCUT2D eigenvalue weighted by Gasteiger charge is -2.11. The average Bonchev–Trinajstić information content (AvgIpc) is 2.76. The molecule has 0 atom stereocenters. The third kappa shape index (κ3) is 6.37. The Balaban J connectivity index is 1.83. The number of hydrogen-bond donors (Lipinski definition) is 1. The average molecular weight is 413 g/mol. The smallest absolute Gasteiger partial charge is 0.344 e. The molecule has 8 nitrogen and oxygen atoms in total. The molecule has 30 heavy (non-hydrogen) atoms. The number of allylic oxidation sites excluding steroid dienone is 1. The zero-order valence-electron chi connectivity index (χ0n) is 17.0. The van der Waals surface area contributed by atoms with Gasteiger partial charge in [0.1, 0.15) is 5.75 Å². The number of carbonyl (C=O) groups is 3. The molecule has 0 heterocycles. The molecule has 0 spiro atoms. The van der Waals surface area contributed by atoms with Crippen molar-refractivity contribution in [2.45, 2.75) is 6.92 Å². The Kier molecular flexibility index (Phi) is 8.43. The van der Waals surface area contributed by atoms with Gasteiger partial charge in [-0.1, -0.05) is 30.4 Å². The van der Waals surface area contributed by atoms with Crippen molar-refractivity contribution in [3.05, 3.63) is 59.7 Å². The Morgan fingerprint density at radius 3 is 2.37 bits per heavy atom. The van der Waals surface area contributed by atoms with Crippen molar-refractivity contribution in [1.82, 2.24) is 5.32 Å². The summed E-state index contributed by atoms with van der Waals surface area (Å²) in [5.41, 5.74) is 1.11. The molecule has 1 N–H and O–H groups in total. The molecule has 0 unspecified atom stereocenters. The second kappa shape index (κ2) is 11.3. The monoisotopic (exact) mass is 413 g/mol. The molecule has 0 aliphatic carbocycles. The van der Waals surface area contributed by atoms with Gasteiger partial charge >= 0.3 is 5.97 Å². The van der Waals surface area contributed by atoms with Crippen LogP contribution in [0.25, 0.3) is 6.08 Å². The summed E-state index contributed by atoms with van der Waals surface area (Å²) in [5, 5.41) is 2.13. The van der Waals surface area contributed by atoms with Crippen molar-refractivity contribution in [1.29, 1.82) is 0 Å². The first-order valence-electron chi connectivity index (χ1n) is 9.04. The minimum atomic E-state index is -0.771. The van der Waals surface area contributed by atoms with Gasteiger partial charge in [-0.05, 0) is 36.8 Å². The molecular weight excluding hydrogens is 390 g/mol. The molecule has 0 fully saturated rings. The molecule has 0 saturated heterocycles. The van der Waals surface area contributed by atoms with Gasteiger partial charge in [0.2, 0.25) is 0 Å². The van der Waals surface area contributed by atoms with Crippen molar-refractivity contribution >= 4 is 23.9 Å². The predicted octanol–water partition coefficient (Wildman–Crippen LogP) is 2.62. The van der Waals surface area contributed by atoms with Crippen LogP contribution in [0.1, 0.15) is 22.8 Å². The number of methoxy groups -OCH3 is 2. The van der Waals surface area contributed by atoms with Crippen LogP contribution in [0.5, 0.6) is 17.2 Å². The van der Waals surface area contributed by atoms with Crippen LogP contribution in [-0.4, -0.2) is 45.2 Å². The zero-order chi connectivity index (χ0) is 21.9. The third-order valence-electron chi connectivity index (χ3n) is 3.86. The molecule has 0 saturated carbocycles. The van der Waals surface area contributed by atoms with E-state index in [4.69, 9.17) is 18.9 Å². The van der Waals surface area contributed by atoms with Crippen LogP contribution in [0, 0.1) is 0 Å². The van der Waals surface area contributed by atoms with Crippen LogP contribution in [0.15, 0.2) is 48.5 Å². The highest BCUT2D eigenvalue weighted by Crippen LogP contribution is 2.28. The van der Waals surface area contributed by atoms with Gasteiger partial charge in [-0.15, -0.1) is 0 Å². The molecule has 0 aliphatic rings. The molecule has 2 aromatic rings. The number of ether oxygens (including phenoxy) is 4. The lowest BCUT2D eigenvalue weighted by atomic mass is 10.2. The quantitative estimate of drug-likeness (QED) is 0.631. The minimum absolute atomic E-state index is 0.191. The summed E-state index contributed by atoms with van der Waals surface area (Å²) in [6, 6.07) is 11.7. The second-order valence-corrected chi connectivity index (χ2v) is 5.94. The first kappa shape index (κ1) is 22.5. The van der Waals surface area contributed by atoms with Gasteiger partial charge < -0.3 is 18.9 Å². The Bertz CT molecular complexity index is 937. The Morgan fingerprint density at radius 2 is 1.67 bits per heavy atom. The molecule has 2 aromatic carbocycles. The summed E-state index contributed by atoms with van der Waals surface area (Å²) in [5.74, 6) is -1.06. The fourth-order valence-corrected chi connectivity index (χ4v) is 2.49. The van der Waals surface area contributed by atoms with Crippen LogP contribution < -0.4 is 19.5 Å². The van der Waals surface area contributed by atoms with E-state index in [2.05, 4.69) is 5.32 Å². The van der Waals surface area contributed by atoms with Crippen molar-refractivity contribution in [3.63, 3.8) is 0 Å². The summed E-state index contributed by atoms with van der Waals surface area (Å²) in [7, 11) is 2.90. The molecule has 8 heteroatoms. The summed E-state index contributed by atoms with van der Waals surface area (Å²) in [6.07, 6.45) is 3.78. The molecule has 0 bridgehead atoms. The predicted molar refractivity (Wildman–Crippen MR) is 110 cm³/mol. The normalized spacial score (nSPS) is 10.4. The topological polar surface area (TPSA) is 100 Å². The van der Waals surface area contributed by atoms with Crippen molar-refractivity contribution < 1.29 is 33.3 Å². The van der Waals surface area contributed by atoms with Crippen LogP contribution in [0.4, 0.5) is 0 Å². The Morgan fingerprint density at radius 1 is 0.933 bits per heavy atom. The minimum Gasteiger partial charge on any atom is -0.496 e. The van der Waals surface area contributed by atoms with Crippen LogP contribution in [-0.2, 0) is 14.3 Å². The summed E-state index contributed by atoms with van der Waals surface area (Å²) >= 11 is 0. The van der Waals surface area contributed by atoms with Gasteiger partial charge in [0.25, 0.3) is 11.8 Å². The third-order valence-corrected chi connectivity index (χ3v) is 3.86. The fourth-order valence-electron chi connectivity index (χ4n) is 2.49. The number of rotatable bonds is 9. The lowest BCUT2D eigenvalue weighted by molar-refractivity contribution is -0.150. The SMILES string of the molecule is C/C=C/c1ccc(OCC(=O)OCC(=O)NC(=O)c2ccccc2OC)c(OC)c1. The molecule has 158 valence electrons. The number of nitrogens with one attached hydrogen (secondary N) is 1. The van der Waals surface area contributed by atoms with E-state index in [9.17, 15) is 14.4 Å². The largest absolute Gasteiger partial charge is 0.496 e. The van der Waals surface area contributed by atoms with E-state index >= 15 is 0 Å². The van der Waals surface area contributed by atoms with Crippen LogP contribution in [0.2, 0.25) is 0 Å². The van der Waals surface area contributed by atoms with E-state index in [0.717, 1.165) is 5.56 Å². The summed E-state index contributed by atoms with van der Waals surface area (Å²) < 4.78 is 20.6. The van der Waals surface area contributed by atoms with Crippen LogP contribution >= 0.6 is 0 Å². The number of imide groups is 1. The van der Waals surface area contributed by atoms with Crippen molar-refractivity contribution in [3.8, 4) is 17.2 Å². The van der Waals surface area contributed by atoms with Crippen molar-refractivity contribution in [2.75, 3.05) is 27.4 Å². The molecular formula is C22H23NO7. The first-order chi connectivity index (χ1) is 14.5. The number of esters is 1. The summed E-state index contributed by atoms with van der Waals surface area (Å²) in [4.78, 5) is 35.9. The number of amides is 2. The molecule has 2 amide bonds. The first-order valence-corrected chi connectivity index (χ1v) is 9.04.